The van der Waals surface area contributed by atoms with E-state index in [2.05, 4.69) is 54.6 Å². The monoisotopic (exact) mass is 432 g/mol. The van der Waals surface area contributed by atoms with Gasteiger partial charge in [0.2, 0.25) is 0 Å². The fourth-order valence-corrected chi connectivity index (χ4v) is 4.85. The van der Waals surface area contributed by atoms with Gasteiger partial charge in [-0.3, -0.25) is 0 Å². The molecular weight excluding hydrogens is 398 g/mol. The third-order valence-electron chi connectivity index (χ3n) is 6.53. The molecule has 0 amide bonds. The normalized spacial score (nSPS) is 16.2. The van der Waals surface area contributed by atoms with Crippen molar-refractivity contribution in [3.63, 3.8) is 0 Å². The number of benzene rings is 2. The molecule has 2 aromatic rings. The molecule has 1 aliphatic heterocycles. The summed E-state index contributed by atoms with van der Waals surface area (Å²) in [6.07, 6.45) is 6.26. The highest BCUT2D eigenvalue weighted by Crippen LogP contribution is 2.47. The van der Waals surface area contributed by atoms with E-state index in [9.17, 15) is 4.79 Å². The molecule has 169 valence electrons. The van der Waals surface area contributed by atoms with Gasteiger partial charge in [-0.05, 0) is 56.1 Å². The Morgan fingerprint density at radius 3 is 2.62 bits per heavy atom. The van der Waals surface area contributed by atoms with E-state index in [1.165, 1.54) is 61.5 Å². The average molecular weight is 433 g/mol. The predicted octanol–water partition coefficient (Wildman–Crippen LogP) is 4.82. The Labute approximate surface area is 191 Å². The second kappa shape index (κ2) is 10.3. The summed E-state index contributed by atoms with van der Waals surface area (Å²) in [6.45, 7) is 2.75. The second-order valence-corrected chi connectivity index (χ2v) is 9.07. The summed E-state index contributed by atoms with van der Waals surface area (Å²) >= 11 is 0. The number of fused-ring (bicyclic) bond motifs is 1. The van der Waals surface area contributed by atoms with Gasteiger partial charge >= 0.3 is 5.97 Å². The lowest BCUT2D eigenvalue weighted by Crippen LogP contribution is -2.26. The number of methoxy groups -OCH3 is 1. The van der Waals surface area contributed by atoms with Crippen LogP contribution in [-0.2, 0) is 11.3 Å². The molecule has 5 nitrogen and oxygen atoms in total. The van der Waals surface area contributed by atoms with Crippen molar-refractivity contribution in [2.24, 2.45) is 5.92 Å². The van der Waals surface area contributed by atoms with Crippen molar-refractivity contribution >= 4 is 22.9 Å². The molecule has 1 radical (unpaired) electrons. The Morgan fingerprint density at radius 2 is 1.88 bits per heavy atom. The Balaban J connectivity index is 1.69. The van der Waals surface area contributed by atoms with Crippen LogP contribution in [0.2, 0.25) is 0 Å². The third-order valence-corrected chi connectivity index (χ3v) is 6.53. The molecule has 0 bridgehead atoms. The van der Waals surface area contributed by atoms with E-state index >= 15 is 0 Å². The lowest BCUT2D eigenvalue weighted by Gasteiger charge is -2.25. The maximum atomic E-state index is 12.1. The van der Waals surface area contributed by atoms with Crippen molar-refractivity contribution in [3.05, 3.63) is 64.7 Å². The number of nitrogens with zero attached hydrogens (tertiary/aromatic N) is 2. The van der Waals surface area contributed by atoms with Crippen molar-refractivity contribution in [1.29, 1.82) is 0 Å². The fraction of sp³-hybridized carbons (Fsp3) is 0.444. The quantitative estimate of drug-likeness (QED) is 0.480. The number of hydrogen-bond donors (Lipinski definition) is 1. The molecule has 2 aromatic carbocycles. The van der Waals surface area contributed by atoms with Crippen LogP contribution >= 0.6 is 0 Å². The topological polar surface area (TPSA) is 55.7 Å². The Morgan fingerprint density at radius 1 is 1.09 bits per heavy atom. The van der Waals surface area contributed by atoms with Crippen LogP contribution in [-0.4, -0.2) is 45.2 Å². The predicted molar refractivity (Wildman–Crippen MR) is 130 cm³/mol. The molecule has 0 aromatic heterocycles. The lowest BCUT2D eigenvalue weighted by molar-refractivity contribution is 0.0600. The van der Waals surface area contributed by atoms with Gasteiger partial charge < -0.3 is 15.0 Å². The number of allylic oxidation sites excluding steroid dienone is 1. The molecule has 2 aliphatic rings. The van der Waals surface area contributed by atoms with Crippen LogP contribution in [0.1, 0.15) is 59.2 Å². The SMILES string of the molecule is COC(=O)c1ccc2c(c1)[N]C(c1ccccc1CNCCN(C)C)=C2C1CCCCC1. The highest BCUT2D eigenvalue weighted by molar-refractivity contribution is 6.02. The first kappa shape index (κ1) is 22.6. The number of likely N-dealkylation sites (N-methyl/N-ethyl adjacent to an activating group) is 1. The lowest BCUT2D eigenvalue weighted by atomic mass is 9.79. The van der Waals surface area contributed by atoms with Crippen LogP contribution in [0.5, 0.6) is 0 Å². The average Bonchev–Trinajstić information content (AvgIpc) is 3.20. The van der Waals surface area contributed by atoms with Crippen molar-refractivity contribution in [1.82, 2.24) is 15.5 Å². The summed E-state index contributed by atoms with van der Waals surface area (Å²) in [5.74, 6) is 0.198. The molecule has 1 fully saturated rings. The van der Waals surface area contributed by atoms with Gasteiger partial charge in [0.05, 0.1) is 24.1 Å². The zero-order chi connectivity index (χ0) is 22.5. The van der Waals surface area contributed by atoms with E-state index in [1.807, 2.05) is 12.1 Å². The van der Waals surface area contributed by atoms with Gasteiger partial charge in [0.25, 0.3) is 0 Å². The van der Waals surface area contributed by atoms with E-state index in [4.69, 9.17) is 10.1 Å². The minimum absolute atomic E-state index is 0.318. The van der Waals surface area contributed by atoms with E-state index in [1.54, 1.807) is 0 Å². The van der Waals surface area contributed by atoms with Gasteiger partial charge in [-0.15, -0.1) is 0 Å². The number of ether oxygens (including phenoxy) is 1. The van der Waals surface area contributed by atoms with Gasteiger partial charge in [0, 0.05) is 30.8 Å². The molecule has 4 rings (SSSR count). The van der Waals surface area contributed by atoms with Crippen molar-refractivity contribution in [3.8, 4) is 0 Å². The molecular formula is C27H34N3O2. The standard InChI is InChI=1S/C27H34N3O2/c1-30(2)16-15-28-18-21-11-7-8-12-22(21)26-25(19-9-5-4-6-10-19)23-14-13-20(27(31)32-3)17-24(23)29-26/h7-8,11-14,17,19,28H,4-6,9-10,15-16,18H2,1-3H3. The first-order valence-corrected chi connectivity index (χ1v) is 11.7. The zero-order valence-electron chi connectivity index (χ0n) is 19.5. The van der Waals surface area contributed by atoms with Gasteiger partial charge in [-0.1, -0.05) is 49.6 Å². The molecule has 32 heavy (non-hydrogen) atoms. The maximum Gasteiger partial charge on any atom is 0.337 e. The molecule has 1 aliphatic carbocycles. The number of nitrogens with one attached hydrogen (secondary N) is 1. The molecule has 1 heterocycles. The Kier molecular flexibility index (Phi) is 7.28. The van der Waals surface area contributed by atoms with E-state index in [-0.39, 0.29) is 5.97 Å². The van der Waals surface area contributed by atoms with Gasteiger partial charge in [-0.2, -0.15) is 0 Å². The summed E-state index contributed by atoms with van der Waals surface area (Å²) in [6, 6.07) is 14.4. The van der Waals surface area contributed by atoms with Crippen molar-refractivity contribution < 1.29 is 9.53 Å². The third kappa shape index (κ3) is 4.89. The molecule has 5 heteroatoms. The van der Waals surface area contributed by atoms with Crippen LogP contribution in [0.25, 0.3) is 11.3 Å². The second-order valence-electron chi connectivity index (χ2n) is 9.07. The fourth-order valence-electron chi connectivity index (χ4n) is 4.85. The molecule has 0 saturated heterocycles. The minimum Gasteiger partial charge on any atom is -0.465 e. The first-order valence-electron chi connectivity index (χ1n) is 11.7. The first-order chi connectivity index (χ1) is 15.6. The van der Waals surface area contributed by atoms with Gasteiger partial charge in [0.15, 0.2) is 0 Å². The summed E-state index contributed by atoms with van der Waals surface area (Å²) in [5.41, 5.74) is 7.52. The number of esters is 1. The molecule has 0 spiro atoms. The van der Waals surface area contributed by atoms with Crippen molar-refractivity contribution in [2.75, 3.05) is 34.3 Å². The number of rotatable bonds is 8. The highest BCUT2D eigenvalue weighted by Gasteiger charge is 2.32. The molecule has 1 N–H and O–H groups in total. The van der Waals surface area contributed by atoms with Crippen LogP contribution in [0.3, 0.4) is 0 Å². The Hall–Kier alpha value is -2.63. The maximum absolute atomic E-state index is 12.1. The van der Waals surface area contributed by atoms with Crippen LogP contribution < -0.4 is 10.6 Å². The summed E-state index contributed by atoms with van der Waals surface area (Å²) in [4.78, 5) is 14.3. The van der Waals surface area contributed by atoms with Crippen LogP contribution in [0.4, 0.5) is 5.69 Å². The molecule has 0 atom stereocenters. The van der Waals surface area contributed by atoms with E-state index in [0.717, 1.165) is 31.0 Å². The summed E-state index contributed by atoms with van der Waals surface area (Å²) in [5, 5.41) is 8.69. The van der Waals surface area contributed by atoms with E-state index < -0.39 is 0 Å². The number of carbonyl (C=O) groups excluding carboxylic acids is 1. The summed E-state index contributed by atoms with van der Waals surface area (Å²) < 4.78 is 4.94. The van der Waals surface area contributed by atoms with E-state index in [0.29, 0.717) is 11.5 Å². The van der Waals surface area contributed by atoms with Gasteiger partial charge in [-0.25, -0.2) is 10.1 Å². The number of hydrogen-bond acceptors (Lipinski definition) is 4. The minimum atomic E-state index is -0.318. The smallest absolute Gasteiger partial charge is 0.337 e. The highest BCUT2D eigenvalue weighted by atomic mass is 16.5. The number of carbonyl (C=O) groups is 1. The van der Waals surface area contributed by atoms with Crippen LogP contribution in [0, 0.1) is 5.92 Å². The Bertz CT molecular complexity index is 990. The van der Waals surface area contributed by atoms with Gasteiger partial charge in [0.1, 0.15) is 0 Å². The molecule has 1 saturated carbocycles. The largest absolute Gasteiger partial charge is 0.465 e. The summed E-state index contributed by atoms with van der Waals surface area (Å²) in [7, 11) is 5.60. The molecule has 0 unspecified atom stereocenters. The van der Waals surface area contributed by atoms with Crippen molar-refractivity contribution in [2.45, 2.75) is 38.6 Å². The zero-order valence-corrected chi connectivity index (χ0v) is 19.5. The van der Waals surface area contributed by atoms with Crippen LogP contribution in [0.15, 0.2) is 42.5 Å².